The Kier molecular flexibility index (Phi) is 2.95. The Labute approximate surface area is 103 Å². The first-order valence-electron chi connectivity index (χ1n) is 5.29. The minimum atomic E-state index is 1.03. The van der Waals surface area contributed by atoms with Gasteiger partial charge in [0, 0.05) is 9.79 Å². The summed E-state index contributed by atoms with van der Waals surface area (Å²) < 4.78 is 0. The van der Waals surface area contributed by atoms with Crippen molar-refractivity contribution in [2.24, 2.45) is 0 Å². The molecule has 0 fully saturated rings. The summed E-state index contributed by atoms with van der Waals surface area (Å²) >= 11 is 9.07. The van der Waals surface area contributed by atoms with Gasteiger partial charge in [0.1, 0.15) is 7.85 Å². The van der Waals surface area contributed by atoms with E-state index >= 15 is 0 Å². The van der Waals surface area contributed by atoms with Gasteiger partial charge in [0.2, 0.25) is 0 Å². The Hall–Kier alpha value is -0.275. The molecule has 0 atom stereocenters. The highest BCUT2D eigenvalue weighted by atomic mass is 32.1. The highest BCUT2D eigenvalue weighted by Gasteiger charge is 2.19. The van der Waals surface area contributed by atoms with Crippen LogP contribution in [0.25, 0.3) is 6.08 Å². The predicted molar refractivity (Wildman–Crippen MR) is 75.8 cm³/mol. The Balaban J connectivity index is 2.68. The van der Waals surface area contributed by atoms with E-state index in [0.29, 0.717) is 0 Å². The van der Waals surface area contributed by atoms with Crippen LogP contribution < -0.4 is 5.46 Å². The van der Waals surface area contributed by atoms with Crippen LogP contribution >= 0.6 is 25.3 Å². The molecular weight excluding hydrogens is 219 g/mol. The molecule has 1 aliphatic carbocycles. The first kappa shape index (κ1) is 11.2. The van der Waals surface area contributed by atoms with Crippen LogP contribution in [0.4, 0.5) is 0 Å². The molecule has 2 rings (SSSR count). The van der Waals surface area contributed by atoms with Crippen molar-refractivity contribution < 1.29 is 0 Å². The van der Waals surface area contributed by atoms with Crippen molar-refractivity contribution >= 4 is 44.6 Å². The summed E-state index contributed by atoms with van der Waals surface area (Å²) in [5.41, 5.74) is 6.91. The minimum absolute atomic E-state index is 1.03. The molecule has 0 amide bonds. The van der Waals surface area contributed by atoms with Crippen LogP contribution in [0.1, 0.15) is 30.0 Å². The van der Waals surface area contributed by atoms with E-state index in [1.165, 1.54) is 27.7 Å². The second kappa shape index (κ2) is 3.95. The fourth-order valence-electron chi connectivity index (χ4n) is 2.19. The fourth-order valence-corrected chi connectivity index (χ4v) is 2.78. The molecule has 0 N–H and O–H groups in total. The van der Waals surface area contributed by atoms with Crippen molar-refractivity contribution in [1.29, 1.82) is 0 Å². The zero-order chi connectivity index (χ0) is 11.2. The summed E-state index contributed by atoms with van der Waals surface area (Å²) in [6.45, 7) is 4.35. The zero-order valence-corrected chi connectivity index (χ0v) is 11.2. The van der Waals surface area contributed by atoms with Crippen LogP contribution in [-0.2, 0) is 6.42 Å². The van der Waals surface area contributed by atoms with Gasteiger partial charge in [-0.05, 0) is 36.5 Å². The van der Waals surface area contributed by atoms with Crippen molar-refractivity contribution in [3.63, 3.8) is 0 Å². The van der Waals surface area contributed by atoms with Crippen LogP contribution in [0.2, 0.25) is 0 Å². The molecule has 0 saturated carbocycles. The average molecular weight is 234 g/mol. The number of thiol groups is 2. The van der Waals surface area contributed by atoms with Crippen LogP contribution in [0.5, 0.6) is 0 Å². The predicted octanol–water partition coefficient (Wildman–Crippen LogP) is 2.18. The second-order valence-corrected chi connectivity index (χ2v) is 5.07. The molecule has 0 aliphatic heterocycles. The second-order valence-electron chi connectivity index (χ2n) is 4.17. The lowest BCUT2D eigenvalue weighted by Crippen LogP contribution is -2.15. The summed E-state index contributed by atoms with van der Waals surface area (Å²) in [5, 5.41) is 0. The minimum Gasteiger partial charge on any atom is -0.143 e. The Bertz CT molecular complexity index is 461. The lowest BCUT2D eigenvalue weighted by molar-refractivity contribution is 1.03. The maximum Gasteiger partial charge on any atom is 0.141 e. The van der Waals surface area contributed by atoms with Gasteiger partial charge in [-0.2, -0.15) is 0 Å². The first-order chi connectivity index (χ1) is 7.06. The number of fused-ring (bicyclic) bond motifs is 1. The summed E-state index contributed by atoms with van der Waals surface area (Å²) in [6, 6.07) is 0. The molecular formula is C12H15BS2. The molecule has 0 bridgehead atoms. The average Bonchev–Trinajstić information content (AvgIpc) is 2.67. The van der Waals surface area contributed by atoms with Gasteiger partial charge in [-0.25, -0.2) is 0 Å². The third kappa shape index (κ3) is 1.66. The summed E-state index contributed by atoms with van der Waals surface area (Å²) in [6.07, 6.45) is 4.56. The zero-order valence-electron chi connectivity index (χ0n) is 9.39. The largest absolute Gasteiger partial charge is 0.143 e. The molecule has 0 spiro atoms. The molecule has 0 radical (unpaired) electrons. The van der Waals surface area contributed by atoms with Crippen LogP contribution in [0, 0.1) is 6.92 Å². The highest BCUT2D eigenvalue weighted by Crippen LogP contribution is 2.33. The molecule has 3 heteroatoms. The van der Waals surface area contributed by atoms with Crippen LogP contribution in [0.3, 0.4) is 0 Å². The quantitative estimate of drug-likeness (QED) is 0.540. The molecule has 15 heavy (non-hydrogen) atoms. The van der Waals surface area contributed by atoms with E-state index in [-0.39, 0.29) is 0 Å². The molecule has 0 heterocycles. The lowest BCUT2D eigenvalue weighted by Gasteiger charge is -2.14. The van der Waals surface area contributed by atoms with Gasteiger partial charge in [0.05, 0.1) is 0 Å². The summed E-state index contributed by atoms with van der Waals surface area (Å²) in [4.78, 5) is 2.07. The van der Waals surface area contributed by atoms with E-state index in [9.17, 15) is 0 Å². The number of allylic oxidation sites excluding steroid dienone is 1. The van der Waals surface area contributed by atoms with E-state index in [0.717, 1.165) is 22.6 Å². The topological polar surface area (TPSA) is 0 Å². The van der Waals surface area contributed by atoms with Crippen molar-refractivity contribution in [3.8, 4) is 0 Å². The molecule has 1 aliphatic rings. The Morgan fingerprint density at radius 2 is 2.00 bits per heavy atom. The summed E-state index contributed by atoms with van der Waals surface area (Å²) in [5.74, 6) is 0. The third-order valence-corrected chi connectivity index (χ3v) is 4.62. The highest BCUT2D eigenvalue weighted by molar-refractivity contribution is 7.83. The number of hydrogen-bond donors (Lipinski definition) is 2. The Morgan fingerprint density at radius 3 is 2.60 bits per heavy atom. The molecule has 78 valence electrons. The normalized spacial score (nSPS) is 14.0. The fraction of sp³-hybridized carbons (Fsp3) is 0.333. The SMILES string of the molecule is Bc1c(S)c(S)c(C)c2c1CC(CC)=C2. The van der Waals surface area contributed by atoms with Crippen molar-refractivity contribution in [2.75, 3.05) is 0 Å². The van der Waals surface area contributed by atoms with Gasteiger partial charge >= 0.3 is 0 Å². The molecule has 1 aromatic carbocycles. The molecule has 0 nitrogen and oxygen atoms in total. The van der Waals surface area contributed by atoms with Gasteiger partial charge in [0.15, 0.2) is 0 Å². The van der Waals surface area contributed by atoms with Gasteiger partial charge < -0.3 is 0 Å². The monoisotopic (exact) mass is 234 g/mol. The molecule has 1 aromatic rings. The van der Waals surface area contributed by atoms with E-state index in [1.807, 2.05) is 0 Å². The molecule has 0 aromatic heterocycles. The number of hydrogen-bond acceptors (Lipinski definition) is 2. The number of benzene rings is 1. The summed E-state index contributed by atoms with van der Waals surface area (Å²) in [7, 11) is 2.15. The smallest absolute Gasteiger partial charge is 0.141 e. The van der Waals surface area contributed by atoms with Gasteiger partial charge in [0.25, 0.3) is 0 Å². The standard InChI is InChI=1S/C12H15BS2/c1-3-7-4-8-6(2)11(14)12(15)10(13)9(8)5-7/h4,14-15H,3,5,13H2,1-2H3. The van der Waals surface area contributed by atoms with E-state index < -0.39 is 0 Å². The van der Waals surface area contributed by atoms with E-state index in [1.54, 1.807) is 0 Å². The van der Waals surface area contributed by atoms with Crippen molar-refractivity contribution in [3.05, 3.63) is 22.3 Å². The number of rotatable bonds is 1. The van der Waals surface area contributed by atoms with Gasteiger partial charge in [-0.3, -0.25) is 0 Å². The van der Waals surface area contributed by atoms with Gasteiger partial charge in [-0.15, -0.1) is 25.3 Å². The van der Waals surface area contributed by atoms with E-state index in [2.05, 4.69) is 53.0 Å². The lowest BCUT2D eigenvalue weighted by atomic mass is 9.86. The maximum atomic E-state index is 4.54. The third-order valence-electron chi connectivity index (χ3n) is 3.32. The molecule has 0 saturated heterocycles. The first-order valence-corrected chi connectivity index (χ1v) is 6.19. The maximum absolute atomic E-state index is 4.54. The van der Waals surface area contributed by atoms with Gasteiger partial charge in [-0.1, -0.05) is 24.0 Å². The molecule has 0 unspecified atom stereocenters. The Morgan fingerprint density at radius 1 is 1.33 bits per heavy atom. The van der Waals surface area contributed by atoms with E-state index in [4.69, 9.17) is 0 Å². The van der Waals surface area contributed by atoms with Crippen molar-refractivity contribution in [2.45, 2.75) is 36.5 Å². The van der Waals surface area contributed by atoms with Crippen LogP contribution in [0.15, 0.2) is 15.4 Å². The van der Waals surface area contributed by atoms with Crippen molar-refractivity contribution in [1.82, 2.24) is 0 Å². The van der Waals surface area contributed by atoms with Crippen LogP contribution in [-0.4, -0.2) is 7.85 Å².